The molecule has 2 aliphatic rings. The molecule has 7 nitrogen and oxygen atoms in total. The zero-order valence-electron chi connectivity index (χ0n) is 16.3. The standard InChI is InChI=1S/C22H23N3O4/c1-16(26)29-19-9-7-18(8-10-19)25-21(27)15-20(22(25)28)24-13-11-23(12-14-24)17-5-3-2-4-6-17/h2-10,20H,11-15H2,1H3/t20-/m1/s1. The van der Waals surface area contributed by atoms with E-state index in [4.69, 9.17) is 4.74 Å². The number of esters is 1. The summed E-state index contributed by atoms with van der Waals surface area (Å²) < 4.78 is 5.01. The number of benzene rings is 2. The van der Waals surface area contributed by atoms with Crippen molar-refractivity contribution in [2.45, 2.75) is 19.4 Å². The van der Waals surface area contributed by atoms with Crippen LogP contribution in [-0.2, 0) is 14.4 Å². The molecule has 2 aliphatic heterocycles. The van der Waals surface area contributed by atoms with Crippen molar-refractivity contribution in [3.63, 3.8) is 0 Å². The monoisotopic (exact) mass is 393 g/mol. The van der Waals surface area contributed by atoms with E-state index in [9.17, 15) is 14.4 Å². The quantitative estimate of drug-likeness (QED) is 0.450. The third kappa shape index (κ3) is 4.00. The van der Waals surface area contributed by atoms with Gasteiger partial charge in [0.15, 0.2) is 0 Å². The molecule has 0 unspecified atom stereocenters. The smallest absolute Gasteiger partial charge is 0.308 e. The second kappa shape index (κ2) is 8.05. The van der Waals surface area contributed by atoms with Gasteiger partial charge in [0.2, 0.25) is 5.91 Å². The first-order chi connectivity index (χ1) is 14.0. The summed E-state index contributed by atoms with van der Waals surface area (Å²) in [5.74, 6) is -0.427. The molecule has 7 heteroatoms. The Bertz CT molecular complexity index is 905. The molecule has 29 heavy (non-hydrogen) atoms. The number of piperazine rings is 1. The molecule has 0 radical (unpaired) electrons. The van der Waals surface area contributed by atoms with E-state index in [1.54, 1.807) is 24.3 Å². The summed E-state index contributed by atoms with van der Waals surface area (Å²) in [6, 6.07) is 16.2. The second-order valence-electron chi connectivity index (χ2n) is 7.23. The molecule has 150 valence electrons. The second-order valence-corrected chi connectivity index (χ2v) is 7.23. The SMILES string of the molecule is CC(=O)Oc1ccc(N2C(=O)C[C@@H](N3CCN(c4ccccc4)CC3)C2=O)cc1. The number of hydrogen-bond acceptors (Lipinski definition) is 6. The number of carbonyl (C=O) groups is 3. The summed E-state index contributed by atoms with van der Waals surface area (Å²) in [6.45, 7) is 4.43. The lowest BCUT2D eigenvalue weighted by Crippen LogP contribution is -2.52. The van der Waals surface area contributed by atoms with Crippen LogP contribution in [0.2, 0.25) is 0 Å². The highest BCUT2D eigenvalue weighted by Gasteiger charge is 2.43. The largest absolute Gasteiger partial charge is 0.427 e. The molecule has 0 spiro atoms. The minimum absolute atomic E-state index is 0.190. The molecule has 0 bridgehead atoms. The molecule has 2 aromatic carbocycles. The molecule has 0 aromatic heterocycles. The maximum Gasteiger partial charge on any atom is 0.308 e. The van der Waals surface area contributed by atoms with E-state index in [1.165, 1.54) is 17.5 Å². The summed E-state index contributed by atoms with van der Waals surface area (Å²) in [7, 11) is 0. The molecular weight excluding hydrogens is 370 g/mol. The Labute approximate surface area is 169 Å². The van der Waals surface area contributed by atoms with Crippen LogP contribution in [0.4, 0.5) is 11.4 Å². The number of hydrogen-bond donors (Lipinski definition) is 0. The molecule has 2 amide bonds. The van der Waals surface area contributed by atoms with Gasteiger partial charge in [-0.2, -0.15) is 0 Å². The van der Waals surface area contributed by atoms with Gasteiger partial charge < -0.3 is 9.64 Å². The first kappa shape index (κ1) is 19.1. The van der Waals surface area contributed by atoms with Crippen LogP contribution in [-0.4, -0.2) is 54.9 Å². The summed E-state index contributed by atoms with van der Waals surface area (Å²) >= 11 is 0. The van der Waals surface area contributed by atoms with Crippen LogP contribution < -0.4 is 14.5 Å². The van der Waals surface area contributed by atoms with Crippen LogP contribution in [0.25, 0.3) is 0 Å². The lowest BCUT2D eigenvalue weighted by Gasteiger charge is -2.38. The minimum Gasteiger partial charge on any atom is -0.427 e. The van der Waals surface area contributed by atoms with E-state index in [0.717, 1.165) is 26.2 Å². The van der Waals surface area contributed by atoms with Gasteiger partial charge in [0.1, 0.15) is 5.75 Å². The van der Waals surface area contributed by atoms with Crippen molar-refractivity contribution in [3.8, 4) is 5.75 Å². The number of rotatable bonds is 4. The van der Waals surface area contributed by atoms with Crippen molar-refractivity contribution in [2.75, 3.05) is 36.0 Å². The molecule has 0 N–H and O–H groups in total. The van der Waals surface area contributed by atoms with E-state index < -0.39 is 12.0 Å². The first-order valence-corrected chi connectivity index (χ1v) is 9.72. The van der Waals surface area contributed by atoms with Crippen LogP contribution in [0.5, 0.6) is 5.75 Å². The molecule has 2 heterocycles. The van der Waals surface area contributed by atoms with Crippen molar-refractivity contribution in [1.29, 1.82) is 0 Å². The Balaban J connectivity index is 1.41. The van der Waals surface area contributed by atoms with Gasteiger partial charge >= 0.3 is 5.97 Å². The summed E-state index contributed by atoms with van der Waals surface area (Å²) in [6.07, 6.45) is 0.190. The predicted molar refractivity (Wildman–Crippen MR) is 109 cm³/mol. The zero-order valence-corrected chi connectivity index (χ0v) is 16.3. The van der Waals surface area contributed by atoms with Gasteiger partial charge in [-0.25, -0.2) is 4.90 Å². The summed E-state index contributed by atoms with van der Waals surface area (Å²) in [4.78, 5) is 42.2. The number of amides is 2. The van der Waals surface area contributed by atoms with E-state index in [0.29, 0.717) is 11.4 Å². The number of imide groups is 1. The van der Waals surface area contributed by atoms with Crippen LogP contribution in [0.15, 0.2) is 54.6 Å². The number of nitrogens with zero attached hydrogens (tertiary/aromatic N) is 3. The van der Waals surface area contributed by atoms with Crippen LogP contribution >= 0.6 is 0 Å². The van der Waals surface area contributed by atoms with Gasteiger partial charge in [0.25, 0.3) is 5.91 Å². The van der Waals surface area contributed by atoms with Gasteiger partial charge in [0.05, 0.1) is 18.2 Å². The highest BCUT2D eigenvalue weighted by Crippen LogP contribution is 2.28. The summed E-state index contributed by atoms with van der Waals surface area (Å²) in [5, 5.41) is 0. The molecular formula is C22H23N3O4. The number of anilines is 2. The van der Waals surface area contributed by atoms with Gasteiger partial charge in [-0.05, 0) is 36.4 Å². The van der Waals surface area contributed by atoms with E-state index in [2.05, 4.69) is 21.9 Å². The maximum atomic E-state index is 13.0. The Kier molecular flexibility index (Phi) is 5.31. The average Bonchev–Trinajstić information content (AvgIpc) is 3.03. The summed E-state index contributed by atoms with van der Waals surface area (Å²) in [5.41, 5.74) is 1.68. The zero-order chi connectivity index (χ0) is 20.4. The lowest BCUT2D eigenvalue weighted by atomic mass is 10.1. The first-order valence-electron chi connectivity index (χ1n) is 9.72. The number of para-hydroxylation sites is 1. The molecule has 4 rings (SSSR count). The van der Waals surface area contributed by atoms with Crippen LogP contribution in [0.1, 0.15) is 13.3 Å². The molecule has 2 fully saturated rings. The van der Waals surface area contributed by atoms with Gasteiger partial charge in [-0.1, -0.05) is 18.2 Å². The van der Waals surface area contributed by atoms with Crippen molar-refractivity contribution < 1.29 is 19.1 Å². The van der Waals surface area contributed by atoms with Crippen molar-refractivity contribution in [2.24, 2.45) is 0 Å². The molecule has 2 saturated heterocycles. The fraction of sp³-hybridized carbons (Fsp3) is 0.318. The Morgan fingerprint density at radius 3 is 2.17 bits per heavy atom. The highest BCUT2D eigenvalue weighted by atomic mass is 16.5. The Morgan fingerprint density at radius 1 is 0.897 bits per heavy atom. The van der Waals surface area contributed by atoms with Gasteiger partial charge in [-0.15, -0.1) is 0 Å². The van der Waals surface area contributed by atoms with E-state index in [1.807, 2.05) is 18.2 Å². The predicted octanol–water partition coefficient (Wildman–Crippen LogP) is 2.07. The van der Waals surface area contributed by atoms with Crippen LogP contribution in [0, 0.1) is 0 Å². The number of ether oxygens (including phenoxy) is 1. The molecule has 1 atom stereocenters. The fourth-order valence-electron chi connectivity index (χ4n) is 3.93. The van der Waals surface area contributed by atoms with E-state index >= 15 is 0 Å². The normalized spacial score (nSPS) is 20.2. The third-order valence-electron chi connectivity index (χ3n) is 5.36. The Morgan fingerprint density at radius 2 is 1.55 bits per heavy atom. The highest BCUT2D eigenvalue weighted by molar-refractivity contribution is 6.22. The van der Waals surface area contributed by atoms with Crippen molar-refractivity contribution in [3.05, 3.63) is 54.6 Å². The fourth-order valence-corrected chi connectivity index (χ4v) is 3.93. The van der Waals surface area contributed by atoms with E-state index in [-0.39, 0.29) is 18.2 Å². The lowest BCUT2D eigenvalue weighted by molar-refractivity contribution is -0.132. The Hall–Kier alpha value is -3.19. The molecule has 0 saturated carbocycles. The topological polar surface area (TPSA) is 70.2 Å². The molecule has 2 aromatic rings. The minimum atomic E-state index is -0.423. The van der Waals surface area contributed by atoms with Gasteiger partial charge in [0, 0.05) is 38.8 Å². The van der Waals surface area contributed by atoms with Crippen LogP contribution in [0.3, 0.4) is 0 Å². The third-order valence-corrected chi connectivity index (χ3v) is 5.36. The van der Waals surface area contributed by atoms with Gasteiger partial charge in [-0.3, -0.25) is 19.3 Å². The van der Waals surface area contributed by atoms with Crippen molar-refractivity contribution >= 4 is 29.2 Å². The average molecular weight is 393 g/mol. The number of carbonyl (C=O) groups excluding carboxylic acids is 3. The maximum absolute atomic E-state index is 13.0. The molecule has 0 aliphatic carbocycles. The van der Waals surface area contributed by atoms with Crippen molar-refractivity contribution in [1.82, 2.24) is 4.90 Å².